The first-order chi connectivity index (χ1) is 6.86. The Morgan fingerprint density at radius 3 is 3.07 bits per heavy atom. The van der Waals surface area contributed by atoms with Crippen LogP contribution < -0.4 is 11.3 Å². The molecule has 0 aliphatic rings. The van der Waals surface area contributed by atoms with Crippen LogP contribution in [0.1, 0.15) is 18.2 Å². The first-order valence-corrected chi connectivity index (χ1v) is 5.81. The molecular weight excluding hydrogens is 196 g/mol. The molecule has 1 atom stereocenters. The first-order valence-electron chi connectivity index (χ1n) is 4.93. The maximum absolute atomic E-state index is 5.43. The van der Waals surface area contributed by atoms with Gasteiger partial charge in [0.05, 0.1) is 6.61 Å². The molecule has 0 amide bonds. The number of hydrazine groups is 1. The quantitative estimate of drug-likeness (QED) is 0.535. The molecule has 1 aromatic heterocycles. The maximum atomic E-state index is 5.43. The second-order valence-electron chi connectivity index (χ2n) is 3.14. The summed E-state index contributed by atoms with van der Waals surface area (Å²) in [6.07, 6.45) is 2.09. The normalized spacial score (nSPS) is 13.0. The SMILES string of the molecule is CCOCC(CCc1cccs1)NN. The van der Waals surface area contributed by atoms with E-state index in [1.165, 1.54) is 4.88 Å². The average Bonchev–Trinajstić information content (AvgIpc) is 2.71. The van der Waals surface area contributed by atoms with Crippen molar-refractivity contribution in [2.75, 3.05) is 13.2 Å². The number of rotatable bonds is 7. The second-order valence-corrected chi connectivity index (χ2v) is 4.17. The molecule has 0 aromatic carbocycles. The van der Waals surface area contributed by atoms with Crippen molar-refractivity contribution >= 4 is 11.3 Å². The van der Waals surface area contributed by atoms with Gasteiger partial charge < -0.3 is 4.74 Å². The van der Waals surface area contributed by atoms with Gasteiger partial charge in [-0.1, -0.05) is 6.07 Å². The van der Waals surface area contributed by atoms with E-state index in [1.54, 1.807) is 11.3 Å². The predicted octanol–water partition coefficient (Wildman–Crippen LogP) is 1.55. The minimum absolute atomic E-state index is 0.261. The van der Waals surface area contributed by atoms with Gasteiger partial charge in [-0.2, -0.15) is 0 Å². The van der Waals surface area contributed by atoms with Crippen LogP contribution in [0.4, 0.5) is 0 Å². The van der Waals surface area contributed by atoms with E-state index in [0.717, 1.165) is 19.4 Å². The van der Waals surface area contributed by atoms with E-state index in [0.29, 0.717) is 6.61 Å². The molecule has 4 heteroatoms. The molecule has 0 fully saturated rings. The minimum Gasteiger partial charge on any atom is -0.380 e. The number of aryl methyl sites for hydroxylation is 1. The highest BCUT2D eigenvalue weighted by molar-refractivity contribution is 7.09. The van der Waals surface area contributed by atoms with Crippen molar-refractivity contribution < 1.29 is 4.74 Å². The van der Waals surface area contributed by atoms with Crippen molar-refractivity contribution in [3.8, 4) is 0 Å². The molecule has 0 spiro atoms. The van der Waals surface area contributed by atoms with Gasteiger partial charge in [-0.05, 0) is 31.2 Å². The number of nitrogens with one attached hydrogen (secondary N) is 1. The van der Waals surface area contributed by atoms with E-state index in [1.807, 2.05) is 6.92 Å². The highest BCUT2D eigenvalue weighted by Gasteiger charge is 2.06. The summed E-state index contributed by atoms with van der Waals surface area (Å²) in [4.78, 5) is 1.40. The second kappa shape index (κ2) is 6.95. The number of nitrogens with two attached hydrogens (primary N) is 1. The molecule has 0 saturated heterocycles. The predicted molar refractivity (Wildman–Crippen MR) is 60.2 cm³/mol. The number of hydrogen-bond acceptors (Lipinski definition) is 4. The summed E-state index contributed by atoms with van der Waals surface area (Å²) in [6, 6.07) is 4.49. The first kappa shape index (κ1) is 11.7. The Bertz CT molecular complexity index is 226. The summed E-state index contributed by atoms with van der Waals surface area (Å²) in [7, 11) is 0. The zero-order chi connectivity index (χ0) is 10.2. The molecule has 0 radical (unpaired) electrons. The third kappa shape index (κ3) is 4.19. The summed E-state index contributed by atoms with van der Waals surface area (Å²) in [5.74, 6) is 5.43. The van der Waals surface area contributed by atoms with Crippen LogP contribution in [-0.4, -0.2) is 19.3 Å². The smallest absolute Gasteiger partial charge is 0.0633 e. The average molecular weight is 214 g/mol. The standard InChI is InChI=1S/C10H18N2OS/c1-2-13-8-9(12-11)5-6-10-4-3-7-14-10/h3-4,7,9,12H,2,5-6,8,11H2,1H3. The van der Waals surface area contributed by atoms with E-state index >= 15 is 0 Å². The number of thiophene rings is 1. The molecular formula is C10H18N2OS. The molecule has 0 aliphatic carbocycles. The van der Waals surface area contributed by atoms with Gasteiger partial charge in [0, 0.05) is 17.5 Å². The lowest BCUT2D eigenvalue weighted by Gasteiger charge is -2.14. The van der Waals surface area contributed by atoms with Crippen LogP contribution in [0.2, 0.25) is 0 Å². The van der Waals surface area contributed by atoms with E-state index in [-0.39, 0.29) is 6.04 Å². The largest absolute Gasteiger partial charge is 0.380 e. The third-order valence-corrected chi connectivity index (χ3v) is 3.01. The summed E-state index contributed by atoms with van der Waals surface area (Å²) < 4.78 is 5.32. The molecule has 3 nitrogen and oxygen atoms in total. The highest BCUT2D eigenvalue weighted by atomic mass is 32.1. The fourth-order valence-electron chi connectivity index (χ4n) is 1.25. The van der Waals surface area contributed by atoms with E-state index in [9.17, 15) is 0 Å². The topological polar surface area (TPSA) is 47.3 Å². The van der Waals surface area contributed by atoms with Gasteiger partial charge in [0.1, 0.15) is 0 Å². The highest BCUT2D eigenvalue weighted by Crippen LogP contribution is 2.11. The molecule has 0 aliphatic heterocycles. The molecule has 1 heterocycles. The summed E-state index contributed by atoms with van der Waals surface area (Å²) in [5.41, 5.74) is 2.78. The van der Waals surface area contributed by atoms with Crippen molar-refractivity contribution in [1.29, 1.82) is 0 Å². The Kier molecular flexibility index (Phi) is 5.78. The molecule has 1 aromatic rings. The maximum Gasteiger partial charge on any atom is 0.0633 e. The van der Waals surface area contributed by atoms with E-state index in [2.05, 4.69) is 22.9 Å². The van der Waals surface area contributed by atoms with Crippen molar-refractivity contribution in [3.63, 3.8) is 0 Å². The van der Waals surface area contributed by atoms with Gasteiger partial charge in [-0.15, -0.1) is 11.3 Å². The van der Waals surface area contributed by atoms with Crippen molar-refractivity contribution in [1.82, 2.24) is 5.43 Å². The molecule has 0 bridgehead atoms. The Balaban J connectivity index is 2.20. The lowest BCUT2D eigenvalue weighted by molar-refractivity contribution is 0.120. The summed E-state index contributed by atoms with van der Waals surface area (Å²) in [6.45, 7) is 3.43. The Labute approximate surface area is 89.2 Å². The zero-order valence-electron chi connectivity index (χ0n) is 8.53. The van der Waals surface area contributed by atoms with Gasteiger partial charge in [0.15, 0.2) is 0 Å². The Morgan fingerprint density at radius 2 is 2.50 bits per heavy atom. The minimum atomic E-state index is 0.261. The number of ether oxygens (including phenoxy) is 1. The Morgan fingerprint density at radius 1 is 1.64 bits per heavy atom. The fraction of sp³-hybridized carbons (Fsp3) is 0.600. The van der Waals surface area contributed by atoms with Crippen LogP contribution in [0.15, 0.2) is 17.5 Å². The van der Waals surface area contributed by atoms with E-state index < -0.39 is 0 Å². The monoisotopic (exact) mass is 214 g/mol. The van der Waals surface area contributed by atoms with Gasteiger partial charge >= 0.3 is 0 Å². The van der Waals surface area contributed by atoms with Crippen molar-refractivity contribution in [2.24, 2.45) is 5.84 Å². The molecule has 1 unspecified atom stereocenters. The lowest BCUT2D eigenvalue weighted by Crippen LogP contribution is -2.39. The van der Waals surface area contributed by atoms with Crippen molar-refractivity contribution in [2.45, 2.75) is 25.8 Å². The molecule has 14 heavy (non-hydrogen) atoms. The summed E-state index contributed by atoms with van der Waals surface area (Å²) in [5, 5.41) is 2.10. The van der Waals surface area contributed by atoms with E-state index in [4.69, 9.17) is 10.6 Å². The Hall–Kier alpha value is -0.420. The van der Waals surface area contributed by atoms with Crippen LogP contribution in [0.5, 0.6) is 0 Å². The van der Waals surface area contributed by atoms with Crippen LogP contribution in [0.25, 0.3) is 0 Å². The number of hydrogen-bond donors (Lipinski definition) is 2. The van der Waals surface area contributed by atoms with Crippen LogP contribution in [0, 0.1) is 0 Å². The molecule has 80 valence electrons. The zero-order valence-corrected chi connectivity index (χ0v) is 9.35. The molecule has 1 rings (SSSR count). The van der Waals surface area contributed by atoms with Gasteiger partial charge in [-0.25, -0.2) is 0 Å². The van der Waals surface area contributed by atoms with Crippen molar-refractivity contribution in [3.05, 3.63) is 22.4 Å². The molecule has 0 saturated carbocycles. The van der Waals surface area contributed by atoms with Gasteiger partial charge in [0.2, 0.25) is 0 Å². The van der Waals surface area contributed by atoms with Crippen LogP contribution in [-0.2, 0) is 11.2 Å². The summed E-state index contributed by atoms with van der Waals surface area (Å²) >= 11 is 1.79. The van der Waals surface area contributed by atoms with Crippen LogP contribution in [0.3, 0.4) is 0 Å². The third-order valence-electron chi connectivity index (χ3n) is 2.08. The fourth-order valence-corrected chi connectivity index (χ4v) is 1.97. The van der Waals surface area contributed by atoms with Crippen LogP contribution >= 0.6 is 11.3 Å². The molecule has 3 N–H and O–H groups in total. The van der Waals surface area contributed by atoms with Gasteiger partial charge in [0.25, 0.3) is 0 Å². The lowest BCUT2D eigenvalue weighted by atomic mass is 10.1. The van der Waals surface area contributed by atoms with Gasteiger partial charge in [-0.3, -0.25) is 11.3 Å².